The summed E-state index contributed by atoms with van der Waals surface area (Å²) >= 11 is 0. The fraction of sp³-hybridized carbons (Fsp3) is 0.500. The molecule has 2 aliphatic carbocycles. The summed E-state index contributed by atoms with van der Waals surface area (Å²) in [7, 11) is 0. The second-order valence-corrected chi connectivity index (χ2v) is 7.64. The number of carboxylic acids is 1. The van der Waals surface area contributed by atoms with Gasteiger partial charge >= 0.3 is 6.18 Å². The van der Waals surface area contributed by atoms with Gasteiger partial charge in [-0.3, -0.25) is 4.79 Å². The van der Waals surface area contributed by atoms with E-state index >= 15 is 0 Å². The van der Waals surface area contributed by atoms with E-state index in [1.165, 1.54) is 6.07 Å². The first-order valence-electron chi connectivity index (χ1n) is 9.49. The summed E-state index contributed by atoms with van der Waals surface area (Å²) in [5.41, 5.74) is -0.400. The Morgan fingerprint density at radius 1 is 1.10 bits per heavy atom. The fourth-order valence-corrected chi connectivity index (χ4v) is 4.61. The molecule has 1 aliphatic heterocycles. The lowest BCUT2D eigenvalue weighted by atomic mass is 9.82. The van der Waals surface area contributed by atoms with E-state index in [2.05, 4.69) is 5.32 Å². The van der Waals surface area contributed by atoms with Crippen LogP contribution in [0.1, 0.15) is 12.0 Å². The lowest BCUT2D eigenvalue weighted by molar-refractivity contribution is -0.313. The van der Waals surface area contributed by atoms with E-state index in [1.54, 1.807) is 6.08 Å². The Kier molecular flexibility index (Phi) is 5.02. The summed E-state index contributed by atoms with van der Waals surface area (Å²) in [6, 6.07) is 3.21. The van der Waals surface area contributed by atoms with Gasteiger partial charge < -0.3 is 24.9 Å². The van der Waals surface area contributed by atoms with Crippen LogP contribution in [-0.2, 0) is 20.5 Å². The zero-order valence-electron chi connectivity index (χ0n) is 15.4. The number of halogens is 3. The third-order valence-corrected chi connectivity index (χ3v) is 5.97. The number of carbonyl (C=O) groups excluding carboxylic acids is 2. The highest BCUT2D eigenvalue weighted by atomic mass is 19.4. The lowest BCUT2D eigenvalue weighted by Crippen LogP contribution is -2.43. The molecule has 1 saturated carbocycles. The Labute approximate surface area is 165 Å². The lowest BCUT2D eigenvalue weighted by Gasteiger charge is -2.32. The van der Waals surface area contributed by atoms with Gasteiger partial charge in [-0.05, 0) is 36.5 Å². The van der Waals surface area contributed by atoms with Crippen LogP contribution in [-0.4, -0.2) is 38.2 Å². The molecule has 0 unspecified atom stereocenters. The van der Waals surface area contributed by atoms with Gasteiger partial charge in [0.25, 0.3) is 0 Å². The molecule has 6 nitrogen and oxygen atoms in total. The number of anilines is 2. The maximum atomic E-state index is 13.2. The summed E-state index contributed by atoms with van der Waals surface area (Å²) in [6.45, 7) is 1.82. The van der Waals surface area contributed by atoms with Gasteiger partial charge in [-0.1, -0.05) is 12.2 Å². The molecule has 4 atom stereocenters. The van der Waals surface area contributed by atoms with Crippen LogP contribution >= 0.6 is 0 Å². The molecule has 4 rings (SSSR count). The molecule has 156 valence electrons. The molecule has 0 aromatic heterocycles. The quantitative estimate of drug-likeness (QED) is 0.766. The summed E-state index contributed by atoms with van der Waals surface area (Å²) in [4.78, 5) is 26.4. The van der Waals surface area contributed by atoms with Gasteiger partial charge in [0.1, 0.15) is 0 Å². The summed E-state index contributed by atoms with van der Waals surface area (Å²) in [5, 5.41) is 14.1. The maximum absolute atomic E-state index is 13.2. The van der Waals surface area contributed by atoms with E-state index in [-0.39, 0.29) is 17.5 Å². The number of allylic oxidation sites excluding steroid dienone is 2. The third-order valence-electron chi connectivity index (χ3n) is 5.97. The molecule has 1 N–H and O–H groups in total. The molecular weight excluding hydrogens is 389 g/mol. The highest BCUT2D eigenvalue weighted by Crippen LogP contribution is 2.48. The standard InChI is InChI=1S/C20H21F3N2O4/c21-20(22,23)13-3-4-15(25-5-7-29-8-6-25)14(10-13)24-18(26)16-11-1-2-12(9-11)17(16)19(27)28/h1-4,10-12,16-17H,5-9H2,(H,24,26)(H,27,28)/p-1/t11-,12+,16+,17+/m0/s1. The monoisotopic (exact) mass is 409 g/mol. The van der Waals surface area contributed by atoms with Crippen LogP contribution in [0.4, 0.5) is 24.5 Å². The molecule has 29 heavy (non-hydrogen) atoms. The first-order chi connectivity index (χ1) is 13.8. The van der Waals surface area contributed by atoms with Crippen molar-refractivity contribution in [2.75, 3.05) is 36.5 Å². The van der Waals surface area contributed by atoms with Crippen molar-refractivity contribution >= 4 is 23.3 Å². The van der Waals surface area contributed by atoms with Crippen molar-refractivity contribution in [3.63, 3.8) is 0 Å². The van der Waals surface area contributed by atoms with Crippen molar-refractivity contribution < 1.29 is 32.6 Å². The number of hydrogen-bond acceptors (Lipinski definition) is 5. The van der Waals surface area contributed by atoms with Crippen molar-refractivity contribution in [1.29, 1.82) is 0 Å². The molecule has 2 bridgehead atoms. The Bertz CT molecular complexity index is 849. The third kappa shape index (κ3) is 3.71. The maximum Gasteiger partial charge on any atom is 0.416 e. The van der Waals surface area contributed by atoms with Gasteiger partial charge in [0.15, 0.2) is 0 Å². The molecular formula is C20H20F3N2O4-. The number of benzene rings is 1. The van der Waals surface area contributed by atoms with Crippen LogP contribution in [0.3, 0.4) is 0 Å². The van der Waals surface area contributed by atoms with Crippen molar-refractivity contribution in [2.24, 2.45) is 23.7 Å². The predicted molar refractivity (Wildman–Crippen MR) is 95.8 cm³/mol. The average molecular weight is 409 g/mol. The van der Waals surface area contributed by atoms with Gasteiger partial charge in [-0.25, -0.2) is 0 Å². The Morgan fingerprint density at radius 3 is 2.38 bits per heavy atom. The first kappa shape index (κ1) is 19.8. The van der Waals surface area contributed by atoms with Gasteiger partial charge in [-0.2, -0.15) is 13.2 Å². The van der Waals surface area contributed by atoms with Crippen LogP contribution in [0.25, 0.3) is 0 Å². The summed E-state index contributed by atoms with van der Waals surface area (Å²) in [5.74, 6) is -4.25. The average Bonchev–Trinajstić information content (AvgIpc) is 3.29. The molecule has 1 aromatic rings. The number of nitrogens with one attached hydrogen (secondary N) is 1. The fourth-order valence-electron chi connectivity index (χ4n) is 4.61. The number of nitrogens with zero attached hydrogens (tertiary/aromatic N) is 1. The van der Waals surface area contributed by atoms with E-state index < -0.39 is 35.5 Å². The van der Waals surface area contributed by atoms with E-state index in [0.717, 1.165) is 12.1 Å². The molecule has 1 heterocycles. The van der Waals surface area contributed by atoms with Gasteiger partial charge in [0.2, 0.25) is 5.91 Å². The Balaban J connectivity index is 1.64. The second kappa shape index (κ2) is 7.37. The summed E-state index contributed by atoms with van der Waals surface area (Å²) < 4.78 is 45.0. The molecule has 1 amide bonds. The van der Waals surface area contributed by atoms with Crippen molar-refractivity contribution in [3.8, 4) is 0 Å². The number of hydrogen-bond donors (Lipinski definition) is 1. The minimum Gasteiger partial charge on any atom is -0.550 e. The number of ether oxygens (including phenoxy) is 1. The van der Waals surface area contributed by atoms with Crippen LogP contribution < -0.4 is 15.3 Å². The minimum atomic E-state index is -4.56. The summed E-state index contributed by atoms with van der Waals surface area (Å²) in [6.07, 6.45) is -0.441. The van der Waals surface area contributed by atoms with E-state index in [0.29, 0.717) is 38.4 Å². The number of morpholine rings is 1. The topological polar surface area (TPSA) is 81.7 Å². The largest absolute Gasteiger partial charge is 0.550 e. The molecule has 0 spiro atoms. The Morgan fingerprint density at radius 2 is 1.76 bits per heavy atom. The van der Waals surface area contributed by atoms with Gasteiger partial charge in [0.05, 0.1) is 36.1 Å². The van der Waals surface area contributed by atoms with E-state index in [9.17, 15) is 27.9 Å². The highest BCUT2D eigenvalue weighted by Gasteiger charge is 2.49. The number of rotatable bonds is 4. The number of alkyl halides is 3. The zero-order valence-corrected chi connectivity index (χ0v) is 15.4. The first-order valence-corrected chi connectivity index (χ1v) is 9.49. The van der Waals surface area contributed by atoms with Crippen LogP contribution in [0.15, 0.2) is 30.4 Å². The molecule has 2 fully saturated rings. The van der Waals surface area contributed by atoms with E-state index in [4.69, 9.17) is 4.74 Å². The van der Waals surface area contributed by atoms with Crippen molar-refractivity contribution in [2.45, 2.75) is 12.6 Å². The SMILES string of the molecule is O=C([O-])[C@H]1[C@H](C(=O)Nc2cc(C(F)(F)F)ccc2N2CCOCC2)[C@H]2C=C[C@@H]1C2. The normalized spacial score (nSPS) is 28.6. The second-order valence-electron chi connectivity index (χ2n) is 7.64. The van der Waals surface area contributed by atoms with Crippen LogP contribution in [0, 0.1) is 23.7 Å². The molecule has 9 heteroatoms. The number of aliphatic carboxylic acids is 1. The van der Waals surface area contributed by atoms with E-state index in [1.807, 2.05) is 11.0 Å². The molecule has 1 saturated heterocycles. The molecule has 1 aromatic carbocycles. The number of carbonyl (C=O) groups is 2. The number of fused-ring (bicyclic) bond motifs is 2. The zero-order chi connectivity index (χ0) is 20.8. The van der Waals surface area contributed by atoms with Crippen LogP contribution in [0.2, 0.25) is 0 Å². The van der Waals surface area contributed by atoms with Crippen molar-refractivity contribution in [3.05, 3.63) is 35.9 Å². The predicted octanol–water partition coefficient (Wildman–Crippen LogP) is 1.67. The number of carboxylic acid groups (broad SMARTS) is 1. The smallest absolute Gasteiger partial charge is 0.416 e. The Hall–Kier alpha value is -2.55. The molecule has 0 radical (unpaired) electrons. The number of amides is 1. The van der Waals surface area contributed by atoms with Gasteiger partial charge in [-0.15, -0.1) is 0 Å². The highest BCUT2D eigenvalue weighted by molar-refractivity contribution is 5.98. The molecule has 3 aliphatic rings. The minimum absolute atomic E-state index is 0.0237. The van der Waals surface area contributed by atoms with Crippen molar-refractivity contribution in [1.82, 2.24) is 0 Å². The van der Waals surface area contributed by atoms with Gasteiger partial charge in [0, 0.05) is 25.0 Å². The van der Waals surface area contributed by atoms with Crippen LogP contribution in [0.5, 0.6) is 0 Å².